The van der Waals surface area contributed by atoms with Gasteiger partial charge in [0.2, 0.25) is 0 Å². The fourth-order valence-electron chi connectivity index (χ4n) is 3.13. The van der Waals surface area contributed by atoms with Crippen molar-refractivity contribution in [3.05, 3.63) is 59.7 Å². The summed E-state index contributed by atoms with van der Waals surface area (Å²) in [5, 5.41) is 0. The van der Waals surface area contributed by atoms with Crippen LogP contribution in [0.3, 0.4) is 0 Å². The van der Waals surface area contributed by atoms with Crippen molar-refractivity contribution in [2.75, 3.05) is 26.9 Å². The van der Waals surface area contributed by atoms with Crippen LogP contribution < -0.4 is 9.47 Å². The maximum absolute atomic E-state index is 12.7. The van der Waals surface area contributed by atoms with Crippen molar-refractivity contribution in [1.29, 1.82) is 0 Å². The van der Waals surface area contributed by atoms with Gasteiger partial charge in [0.25, 0.3) is 0 Å². The molecule has 6 heteroatoms. The quantitative estimate of drug-likeness (QED) is 0.503. The molecule has 0 bridgehead atoms. The number of aryl methyl sites for hydroxylation is 1. The van der Waals surface area contributed by atoms with Crippen LogP contribution in [-0.2, 0) is 17.8 Å². The predicted molar refractivity (Wildman–Crippen MR) is 119 cm³/mol. The average molecular weight is 416 g/mol. The third-order valence-corrected chi connectivity index (χ3v) is 5.80. The number of rotatable bonds is 10. The summed E-state index contributed by atoms with van der Waals surface area (Å²) in [6, 6.07) is 15.7. The molecule has 2 aromatic carbocycles. The van der Waals surface area contributed by atoms with E-state index < -0.39 is 8.07 Å². The smallest absolute Gasteiger partial charge is 0.409 e. The van der Waals surface area contributed by atoms with Crippen molar-refractivity contribution < 1.29 is 19.0 Å². The Bertz CT molecular complexity index is 774. The van der Waals surface area contributed by atoms with Crippen LogP contribution in [0.2, 0.25) is 19.6 Å². The summed E-state index contributed by atoms with van der Waals surface area (Å²) in [7, 11) is 1.81. The Morgan fingerprint density at radius 3 is 2.24 bits per heavy atom. The normalized spacial score (nSPS) is 11.1. The minimum absolute atomic E-state index is 0.233. The van der Waals surface area contributed by atoms with Crippen LogP contribution in [0, 0.1) is 0 Å². The highest BCUT2D eigenvalue weighted by molar-refractivity contribution is 6.76. The fourth-order valence-corrected chi connectivity index (χ4v) is 4.56. The SMILES string of the molecule is COc1ccc(CCCN(C[Si](C)(C)C)C(=O)OCc2ccccc2)cc1OC. The Kier molecular flexibility index (Phi) is 8.58. The van der Waals surface area contributed by atoms with E-state index in [-0.39, 0.29) is 6.09 Å². The molecule has 0 saturated heterocycles. The lowest BCUT2D eigenvalue weighted by Crippen LogP contribution is -2.44. The van der Waals surface area contributed by atoms with Crippen LogP contribution in [0.1, 0.15) is 17.5 Å². The van der Waals surface area contributed by atoms with Gasteiger partial charge in [-0.3, -0.25) is 0 Å². The molecule has 0 aliphatic carbocycles. The Labute approximate surface area is 175 Å². The third kappa shape index (κ3) is 7.81. The second-order valence-corrected chi connectivity index (χ2v) is 13.8. The molecule has 0 aliphatic rings. The molecule has 0 spiro atoms. The van der Waals surface area contributed by atoms with Crippen LogP contribution in [0.5, 0.6) is 11.5 Å². The van der Waals surface area contributed by atoms with E-state index in [2.05, 4.69) is 19.6 Å². The van der Waals surface area contributed by atoms with Crippen molar-refractivity contribution in [2.24, 2.45) is 0 Å². The summed E-state index contributed by atoms with van der Waals surface area (Å²) in [6.07, 6.45) is 2.27. The molecule has 0 atom stereocenters. The molecule has 2 aromatic rings. The molecule has 0 radical (unpaired) electrons. The average Bonchev–Trinajstić information content (AvgIpc) is 2.71. The highest BCUT2D eigenvalue weighted by Crippen LogP contribution is 2.28. The van der Waals surface area contributed by atoms with Gasteiger partial charge in [0.1, 0.15) is 6.61 Å². The number of carbonyl (C=O) groups excluding carboxylic acids is 1. The minimum Gasteiger partial charge on any atom is -0.493 e. The van der Waals surface area contributed by atoms with Gasteiger partial charge in [-0.2, -0.15) is 0 Å². The van der Waals surface area contributed by atoms with E-state index in [1.165, 1.54) is 0 Å². The number of nitrogens with zero attached hydrogens (tertiary/aromatic N) is 1. The molecule has 0 heterocycles. The van der Waals surface area contributed by atoms with E-state index >= 15 is 0 Å². The van der Waals surface area contributed by atoms with Crippen LogP contribution in [-0.4, -0.2) is 46.0 Å². The van der Waals surface area contributed by atoms with Gasteiger partial charge in [-0.25, -0.2) is 4.79 Å². The Balaban J connectivity index is 1.94. The maximum atomic E-state index is 12.7. The molecule has 0 saturated carbocycles. The van der Waals surface area contributed by atoms with Crippen molar-refractivity contribution in [2.45, 2.75) is 39.1 Å². The molecule has 0 aromatic heterocycles. The van der Waals surface area contributed by atoms with Crippen LogP contribution in [0.25, 0.3) is 0 Å². The Morgan fingerprint density at radius 2 is 1.62 bits per heavy atom. The molecule has 1 amide bonds. The fraction of sp³-hybridized carbons (Fsp3) is 0.435. The number of ether oxygens (including phenoxy) is 3. The number of carbonyl (C=O) groups is 1. The van der Waals surface area contributed by atoms with Gasteiger partial charge in [0.15, 0.2) is 11.5 Å². The van der Waals surface area contributed by atoms with Gasteiger partial charge in [-0.05, 0) is 36.1 Å². The number of methoxy groups -OCH3 is 2. The second-order valence-electron chi connectivity index (χ2n) is 8.32. The van der Waals surface area contributed by atoms with Crippen LogP contribution in [0.15, 0.2) is 48.5 Å². The third-order valence-electron chi connectivity index (χ3n) is 4.47. The summed E-state index contributed by atoms with van der Waals surface area (Å²) in [6.45, 7) is 7.76. The van der Waals surface area contributed by atoms with Gasteiger partial charge in [0, 0.05) is 12.7 Å². The highest BCUT2D eigenvalue weighted by atomic mass is 28.3. The standard InChI is InChI=1S/C23H33NO4Si/c1-26-21-14-13-19(16-22(21)27-2)12-9-15-24(18-29(3,4)5)23(25)28-17-20-10-7-6-8-11-20/h6-8,10-11,13-14,16H,9,12,15,17-18H2,1-5H3. The van der Waals surface area contributed by atoms with E-state index in [0.717, 1.165) is 41.6 Å². The molecule has 5 nitrogen and oxygen atoms in total. The zero-order valence-corrected chi connectivity index (χ0v) is 19.2. The van der Waals surface area contributed by atoms with Gasteiger partial charge in [-0.1, -0.05) is 56.0 Å². The lowest BCUT2D eigenvalue weighted by atomic mass is 10.1. The lowest BCUT2D eigenvalue weighted by molar-refractivity contribution is 0.101. The predicted octanol–water partition coefficient (Wildman–Crippen LogP) is 5.15. The largest absolute Gasteiger partial charge is 0.493 e. The number of benzene rings is 2. The van der Waals surface area contributed by atoms with Crippen molar-refractivity contribution >= 4 is 14.2 Å². The van der Waals surface area contributed by atoms with Gasteiger partial charge >= 0.3 is 6.09 Å². The van der Waals surface area contributed by atoms with Crippen molar-refractivity contribution in [3.63, 3.8) is 0 Å². The first-order valence-corrected chi connectivity index (χ1v) is 13.7. The molecule has 0 aliphatic heterocycles. The van der Waals surface area contributed by atoms with Gasteiger partial charge in [-0.15, -0.1) is 0 Å². The second kappa shape index (κ2) is 10.9. The topological polar surface area (TPSA) is 48.0 Å². The summed E-state index contributed by atoms with van der Waals surface area (Å²) >= 11 is 0. The maximum Gasteiger partial charge on any atom is 0.409 e. The van der Waals surface area contributed by atoms with Gasteiger partial charge < -0.3 is 19.1 Å². The van der Waals surface area contributed by atoms with Crippen molar-refractivity contribution in [1.82, 2.24) is 4.90 Å². The molecular formula is C23H33NO4Si. The monoisotopic (exact) mass is 415 g/mol. The number of amides is 1. The molecule has 0 fully saturated rings. The molecule has 0 N–H and O–H groups in total. The first kappa shape index (κ1) is 22.8. The Morgan fingerprint density at radius 1 is 0.931 bits per heavy atom. The first-order chi connectivity index (χ1) is 13.8. The molecule has 29 heavy (non-hydrogen) atoms. The van der Waals surface area contributed by atoms with E-state index in [1.54, 1.807) is 14.2 Å². The van der Waals surface area contributed by atoms with E-state index in [0.29, 0.717) is 13.2 Å². The molecule has 2 rings (SSSR count). The summed E-state index contributed by atoms with van der Waals surface area (Å²) < 4.78 is 16.3. The molecule has 158 valence electrons. The summed E-state index contributed by atoms with van der Waals surface area (Å²) in [4.78, 5) is 14.6. The van der Waals surface area contributed by atoms with E-state index in [1.807, 2.05) is 53.4 Å². The number of hydrogen-bond acceptors (Lipinski definition) is 4. The van der Waals surface area contributed by atoms with Crippen molar-refractivity contribution in [3.8, 4) is 11.5 Å². The van der Waals surface area contributed by atoms with Crippen LogP contribution >= 0.6 is 0 Å². The van der Waals surface area contributed by atoms with Crippen LogP contribution in [0.4, 0.5) is 4.79 Å². The summed E-state index contributed by atoms with van der Waals surface area (Å²) in [5.74, 6) is 1.45. The molecule has 0 unspecified atom stereocenters. The zero-order valence-electron chi connectivity index (χ0n) is 18.2. The van der Waals surface area contributed by atoms with E-state index in [4.69, 9.17) is 14.2 Å². The minimum atomic E-state index is -1.46. The summed E-state index contributed by atoms with van der Waals surface area (Å²) in [5.41, 5.74) is 2.16. The number of hydrogen-bond donors (Lipinski definition) is 0. The zero-order chi connectivity index (χ0) is 21.3. The van der Waals surface area contributed by atoms with Gasteiger partial charge in [0.05, 0.1) is 22.3 Å². The lowest BCUT2D eigenvalue weighted by Gasteiger charge is -2.28. The highest BCUT2D eigenvalue weighted by Gasteiger charge is 2.23. The van der Waals surface area contributed by atoms with E-state index in [9.17, 15) is 4.79 Å². The Hall–Kier alpha value is -2.47. The first-order valence-electron chi connectivity index (χ1n) is 9.99. The molecular weight excluding hydrogens is 382 g/mol.